The number of nitrogens with one attached hydrogen (secondary N) is 1. The largest absolute Gasteiger partial charge is 0.396 e. The Morgan fingerprint density at radius 1 is 1.29 bits per heavy atom. The lowest BCUT2D eigenvalue weighted by Gasteiger charge is -2.25. The Morgan fingerprint density at radius 3 is 2.71 bits per heavy atom. The molecule has 3 rings (SSSR count). The molecule has 4 nitrogen and oxygen atoms in total. The molecule has 0 spiro atoms. The number of alkyl halides is 3. The van der Waals surface area contributed by atoms with Crippen LogP contribution < -0.4 is 5.32 Å². The average molecular weight is 246 g/mol. The zero-order valence-electron chi connectivity index (χ0n) is 9.17. The van der Waals surface area contributed by atoms with E-state index in [0.717, 1.165) is 12.8 Å². The fraction of sp³-hybridized carbons (Fsp3) is 0.800. The summed E-state index contributed by atoms with van der Waals surface area (Å²) in [6.07, 6.45) is -2.96. The van der Waals surface area contributed by atoms with Crippen LogP contribution in [0.1, 0.15) is 30.5 Å². The van der Waals surface area contributed by atoms with Crippen molar-refractivity contribution in [2.45, 2.75) is 38.0 Å². The maximum Gasteiger partial charge on any atom is 0.396 e. The van der Waals surface area contributed by atoms with Gasteiger partial charge in [0.15, 0.2) is 5.82 Å². The van der Waals surface area contributed by atoms with Crippen LogP contribution in [-0.2, 0) is 13.0 Å². The van der Waals surface area contributed by atoms with Crippen LogP contribution in [0.4, 0.5) is 13.2 Å². The van der Waals surface area contributed by atoms with Crippen molar-refractivity contribution in [2.75, 3.05) is 6.54 Å². The summed E-state index contributed by atoms with van der Waals surface area (Å²) in [5, 5.41) is 10.9. The summed E-state index contributed by atoms with van der Waals surface area (Å²) >= 11 is 0. The summed E-state index contributed by atoms with van der Waals surface area (Å²) in [7, 11) is 0. The fourth-order valence-corrected chi connectivity index (χ4v) is 2.36. The Balaban J connectivity index is 1.88. The molecule has 1 unspecified atom stereocenters. The Labute approximate surface area is 96.2 Å². The molecule has 0 bridgehead atoms. The van der Waals surface area contributed by atoms with Crippen molar-refractivity contribution < 1.29 is 13.2 Å². The normalized spacial score (nSPS) is 24.8. The van der Waals surface area contributed by atoms with Crippen LogP contribution in [0.3, 0.4) is 0 Å². The molecule has 0 aromatic carbocycles. The van der Waals surface area contributed by atoms with Crippen molar-refractivity contribution in [3.63, 3.8) is 0 Å². The SMILES string of the molecule is FC(F)(F)Cc1nnc2n1CCNC2C1CC1. The van der Waals surface area contributed by atoms with Gasteiger partial charge in [-0.2, -0.15) is 13.2 Å². The first-order valence-corrected chi connectivity index (χ1v) is 5.77. The third-order valence-corrected chi connectivity index (χ3v) is 3.29. The van der Waals surface area contributed by atoms with Crippen LogP contribution in [0.25, 0.3) is 0 Å². The summed E-state index contributed by atoms with van der Waals surface area (Å²) in [5.41, 5.74) is 0. The molecule has 17 heavy (non-hydrogen) atoms. The van der Waals surface area contributed by atoms with Crippen molar-refractivity contribution >= 4 is 0 Å². The molecule has 2 aliphatic rings. The van der Waals surface area contributed by atoms with Gasteiger partial charge in [-0.25, -0.2) is 0 Å². The highest BCUT2D eigenvalue weighted by Crippen LogP contribution is 2.41. The van der Waals surface area contributed by atoms with E-state index in [1.807, 2.05) is 0 Å². The van der Waals surface area contributed by atoms with Crippen LogP contribution in [0, 0.1) is 5.92 Å². The third-order valence-electron chi connectivity index (χ3n) is 3.29. The zero-order chi connectivity index (χ0) is 12.0. The molecular weight excluding hydrogens is 233 g/mol. The number of rotatable bonds is 2. The van der Waals surface area contributed by atoms with E-state index in [1.54, 1.807) is 4.57 Å². The van der Waals surface area contributed by atoms with Gasteiger partial charge in [0.05, 0.1) is 6.04 Å². The summed E-state index contributed by atoms with van der Waals surface area (Å²) in [4.78, 5) is 0. The summed E-state index contributed by atoms with van der Waals surface area (Å²) in [6, 6.07) is 0.0956. The molecule has 1 aromatic rings. The Kier molecular flexibility index (Phi) is 2.39. The molecule has 0 saturated heterocycles. The van der Waals surface area contributed by atoms with Gasteiger partial charge in [-0.05, 0) is 18.8 Å². The van der Waals surface area contributed by atoms with Gasteiger partial charge in [0.2, 0.25) is 0 Å². The van der Waals surface area contributed by atoms with Crippen molar-refractivity contribution in [3.8, 4) is 0 Å². The van der Waals surface area contributed by atoms with Crippen LogP contribution in [0.5, 0.6) is 0 Å². The third kappa shape index (κ3) is 2.15. The quantitative estimate of drug-likeness (QED) is 0.858. The second kappa shape index (κ2) is 3.69. The molecule has 94 valence electrons. The molecule has 1 saturated carbocycles. The number of fused-ring (bicyclic) bond motifs is 1. The monoisotopic (exact) mass is 246 g/mol. The van der Waals surface area contributed by atoms with E-state index in [4.69, 9.17) is 0 Å². The Hall–Kier alpha value is -1.11. The second-order valence-electron chi connectivity index (χ2n) is 4.69. The van der Waals surface area contributed by atoms with Gasteiger partial charge in [0.1, 0.15) is 12.2 Å². The minimum atomic E-state index is -4.22. The maximum atomic E-state index is 12.4. The van der Waals surface area contributed by atoms with Gasteiger partial charge < -0.3 is 9.88 Å². The minimum absolute atomic E-state index is 0.0413. The Bertz CT molecular complexity index is 422. The van der Waals surface area contributed by atoms with E-state index in [-0.39, 0.29) is 11.9 Å². The molecule has 2 heterocycles. The summed E-state index contributed by atoms with van der Waals surface area (Å²) in [6.45, 7) is 1.22. The number of hydrogen-bond acceptors (Lipinski definition) is 3. The van der Waals surface area contributed by atoms with Crippen molar-refractivity contribution in [2.24, 2.45) is 5.92 Å². The lowest BCUT2D eigenvalue weighted by Crippen LogP contribution is -2.35. The topological polar surface area (TPSA) is 42.7 Å². The highest BCUT2D eigenvalue weighted by Gasteiger charge is 2.39. The molecule has 1 aliphatic carbocycles. The smallest absolute Gasteiger partial charge is 0.312 e. The van der Waals surface area contributed by atoms with E-state index in [0.29, 0.717) is 24.8 Å². The van der Waals surface area contributed by atoms with E-state index >= 15 is 0 Å². The minimum Gasteiger partial charge on any atom is -0.312 e. The predicted molar refractivity (Wildman–Crippen MR) is 53.2 cm³/mol. The molecule has 1 aliphatic heterocycles. The summed E-state index contributed by atoms with van der Waals surface area (Å²) in [5.74, 6) is 1.25. The molecule has 0 amide bonds. The van der Waals surface area contributed by atoms with Gasteiger partial charge in [0, 0.05) is 13.1 Å². The van der Waals surface area contributed by atoms with E-state index in [2.05, 4.69) is 15.5 Å². The number of hydrogen-bond donors (Lipinski definition) is 1. The number of halogens is 3. The maximum absolute atomic E-state index is 12.4. The molecule has 1 aromatic heterocycles. The van der Waals surface area contributed by atoms with Crippen molar-refractivity contribution in [1.82, 2.24) is 20.1 Å². The van der Waals surface area contributed by atoms with Crippen LogP contribution in [-0.4, -0.2) is 27.5 Å². The lowest BCUT2D eigenvalue weighted by molar-refractivity contribution is -0.129. The van der Waals surface area contributed by atoms with Gasteiger partial charge >= 0.3 is 6.18 Å². The molecule has 0 radical (unpaired) electrons. The summed E-state index contributed by atoms with van der Waals surface area (Å²) < 4.78 is 38.7. The first kappa shape index (κ1) is 11.0. The molecule has 1 fully saturated rings. The van der Waals surface area contributed by atoms with Crippen molar-refractivity contribution in [3.05, 3.63) is 11.6 Å². The predicted octanol–water partition coefficient (Wildman–Crippen LogP) is 1.44. The number of nitrogens with zero attached hydrogens (tertiary/aromatic N) is 3. The van der Waals surface area contributed by atoms with Gasteiger partial charge in [-0.1, -0.05) is 0 Å². The van der Waals surface area contributed by atoms with Gasteiger partial charge in [-0.15, -0.1) is 10.2 Å². The first-order chi connectivity index (χ1) is 8.04. The fourth-order valence-electron chi connectivity index (χ4n) is 2.36. The van der Waals surface area contributed by atoms with Gasteiger partial charge in [-0.3, -0.25) is 0 Å². The van der Waals surface area contributed by atoms with E-state index in [9.17, 15) is 13.2 Å². The van der Waals surface area contributed by atoms with Crippen molar-refractivity contribution in [1.29, 1.82) is 0 Å². The van der Waals surface area contributed by atoms with E-state index < -0.39 is 12.6 Å². The molecule has 7 heteroatoms. The second-order valence-corrected chi connectivity index (χ2v) is 4.69. The zero-order valence-corrected chi connectivity index (χ0v) is 9.17. The van der Waals surface area contributed by atoms with Gasteiger partial charge in [0.25, 0.3) is 0 Å². The van der Waals surface area contributed by atoms with Crippen LogP contribution >= 0.6 is 0 Å². The standard InChI is InChI=1S/C10H13F3N4/c11-10(12,13)5-7-15-16-9-8(6-1-2-6)14-3-4-17(7)9/h6,8,14H,1-5H2. The van der Waals surface area contributed by atoms with E-state index in [1.165, 1.54) is 0 Å². The molecular formula is C10H13F3N4. The average Bonchev–Trinajstić information content (AvgIpc) is 3.01. The molecule has 1 N–H and O–H groups in total. The van der Waals surface area contributed by atoms with Crippen LogP contribution in [0.2, 0.25) is 0 Å². The molecule has 1 atom stereocenters. The highest BCUT2D eigenvalue weighted by molar-refractivity contribution is 5.09. The highest BCUT2D eigenvalue weighted by atomic mass is 19.4. The first-order valence-electron chi connectivity index (χ1n) is 5.77. The lowest BCUT2D eigenvalue weighted by atomic mass is 10.1. The Morgan fingerprint density at radius 2 is 2.06 bits per heavy atom. The van der Waals surface area contributed by atoms with Crippen LogP contribution in [0.15, 0.2) is 0 Å². The number of aromatic nitrogens is 3.